The molecule has 0 fully saturated rings. The van der Waals surface area contributed by atoms with Crippen molar-refractivity contribution >= 4 is 12.2 Å². The van der Waals surface area contributed by atoms with Gasteiger partial charge in [-0.1, -0.05) is 69.3 Å². The van der Waals surface area contributed by atoms with Gasteiger partial charge in [-0.3, -0.25) is 0 Å². The molecule has 0 aromatic heterocycles. The molecule has 0 aliphatic heterocycles. The summed E-state index contributed by atoms with van der Waals surface area (Å²) in [6.07, 6.45) is 4.25. The second-order valence-corrected chi connectivity index (χ2v) is 5.98. The Morgan fingerprint density at radius 1 is 0.750 bits per heavy atom. The van der Waals surface area contributed by atoms with Crippen LogP contribution >= 0.6 is 0 Å². The SMILES string of the molecule is COc1ccc(/C=C/c2ccc(C(C)(C)C)cc2)cc1. The highest BCUT2D eigenvalue weighted by atomic mass is 16.5. The van der Waals surface area contributed by atoms with Gasteiger partial charge in [0, 0.05) is 0 Å². The fourth-order valence-corrected chi connectivity index (χ4v) is 2.00. The van der Waals surface area contributed by atoms with E-state index in [1.807, 2.05) is 12.1 Å². The van der Waals surface area contributed by atoms with Gasteiger partial charge in [0.15, 0.2) is 0 Å². The van der Waals surface area contributed by atoms with Crippen molar-refractivity contribution in [2.45, 2.75) is 26.2 Å². The van der Waals surface area contributed by atoms with Gasteiger partial charge < -0.3 is 4.74 Å². The third-order valence-corrected chi connectivity index (χ3v) is 3.36. The lowest BCUT2D eigenvalue weighted by molar-refractivity contribution is 0.415. The molecular weight excluding hydrogens is 244 g/mol. The smallest absolute Gasteiger partial charge is 0.118 e. The van der Waals surface area contributed by atoms with Crippen LogP contribution in [0.15, 0.2) is 48.5 Å². The summed E-state index contributed by atoms with van der Waals surface area (Å²) in [6.45, 7) is 6.69. The number of ether oxygens (including phenoxy) is 1. The molecular formula is C19H22O. The highest BCUT2D eigenvalue weighted by Crippen LogP contribution is 2.22. The Balaban J connectivity index is 2.10. The zero-order valence-corrected chi connectivity index (χ0v) is 12.7. The molecule has 0 amide bonds. The third kappa shape index (κ3) is 3.74. The molecule has 0 saturated carbocycles. The van der Waals surface area contributed by atoms with E-state index in [2.05, 4.69) is 69.3 Å². The molecule has 1 heteroatoms. The van der Waals surface area contributed by atoms with Crippen LogP contribution < -0.4 is 4.74 Å². The molecule has 0 radical (unpaired) electrons. The fourth-order valence-electron chi connectivity index (χ4n) is 2.00. The molecule has 2 aromatic carbocycles. The van der Waals surface area contributed by atoms with Crippen LogP contribution in [0.4, 0.5) is 0 Å². The maximum Gasteiger partial charge on any atom is 0.118 e. The second kappa shape index (κ2) is 5.96. The molecule has 0 bridgehead atoms. The highest BCUT2D eigenvalue weighted by molar-refractivity contribution is 5.69. The molecule has 104 valence electrons. The lowest BCUT2D eigenvalue weighted by Crippen LogP contribution is -2.10. The molecule has 0 atom stereocenters. The normalized spacial score (nSPS) is 11.8. The van der Waals surface area contributed by atoms with Gasteiger partial charge in [0.1, 0.15) is 5.75 Å². The van der Waals surface area contributed by atoms with Crippen molar-refractivity contribution in [2.75, 3.05) is 7.11 Å². The Bertz CT molecular complexity index is 569. The van der Waals surface area contributed by atoms with E-state index in [0.717, 1.165) is 5.75 Å². The summed E-state index contributed by atoms with van der Waals surface area (Å²) in [4.78, 5) is 0. The van der Waals surface area contributed by atoms with E-state index < -0.39 is 0 Å². The third-order valence-electron chi connectivity index (χ3n) is 3.36. The van der Waals surface area contributed by atoms with Crippen molar-refractivity contribution in [1.29, 1.82) is 0 Å². The first-order valence-corrected chi connectivity index (χ1v) is 6.92. The van der Waals surface area contributed by atoms with Crippen LogP contribution in [0.2, 0.25) is 0 Å². The van der Waals surface area contributed by atoms with Crippen LogP contribution in [-0.2, 0) is 5.41 Å². The van der Waals surface area contributed by atoms with Crippen molar-refractivity contribution in [1.82, 2.24) is 0 Å². The molecule has 0 unspecified atom stereocenters. The summed E-state index contributed by atoms with van der Waals surface area (Å²) in [6, 6.07) is 16.8. The maximum absolute atomic E-state index is 5.15. The number of rotatable bonds is 3. The molecule has 0 saturated heterocycles. The van der Waals surface area contributed by atoms with E-state index in [0.29, 0.717) is 0 Å². The van der Waals surface area contributed by atoms with Gasteiger partial charge in [0.25, 0.3) is 0 Å². The van der Waals surface area contributed by atoms with E-state index in [1.165, 1.54) is 16.7 Å². The first kappa shape index (κ1) is 14.4. The van der Waals surface area contributed by atoms with Crippen LogP contribution in [0.3, 0.4) is 0 Å². The predicted octanol–water partition coefficient (Wildman–Crippen LogP) is 5.16. The maximum atomic E-state index is 5.15. The van der Waals surface area contributed by atoms with Gasteiger partial charge in [-0.15, -0.1) is 0 Å². The Labute approximate surface area is 121 Å². The minimum Gasteiger partial charge on any atom is -0.497 e. The Morgan fingerprint density at radius 2 is 1.20 bits per heavy atom. The van der Waals surface area contributed by atoms with E-state index in [4.69, 9.17) is 4.74 Å². The lowest BCUT2D eigenvalue weighted by Gasteiger charge is -2.18. The van der Waals surface area contributed by atoms with Crippen molar-refractivity contribution in [3.05, 3.63) is 65.2 Å². The molecule has 1 nitrogen and oxygen atoms in total. The van der Waals surface area contributed by atoms with Gasteiger partial charge in [0.05, 0.1) is 7.11 Å². The summed E-state index contributed by atoms with van der Waals surface area (Å²) in [5.74, 6) is 0.886. The van der Waals surface area contributed by atoms with Gasteiger partial charge in [-0.05, 0) is 34.2 Å². The summed E-state index contributed by atoms with van der Waals surface area (Å²) in [5.41, 5.74) is 3.96. The Hall–Kier alpha value is -2.02. The first-order valence-electron chi connectivity index (χ1n) is 6.92. The summed E-state index contributed by atoms with van der Waals surface area (Å²) >= 11 is 0. The van der Waals surface area contributed by atoms with Gasteiger partial charge >= 0.3 is 0 Å². The van der Waals surface area contributed by atoms with Crippen molar-refractivity contribution < 1.29 is 4.74 Å². The van der Waals surface area contributed by atoms with Crippen LogP contribution in [0, 0.1) is 0 Å². The zero-order chi connectivity index (χ0) is 14.6. The van der Waals surface area contributed by atoms with Gasteiger partial charge in [0.2, 0.25) is 0 Å². The molecule has 0 heterocycles. The standard InChI is InChI=1S/C19H22O/c1-19(2,3)17-11-7-15(8-12-17)5-6-16-9-13-18(20-4)14-10-16/h5-14H,1-4H3/b6-5+. The average molecular weight is 266 g/mol. The molecule has 0 aliphatic rings. The molecule has 20 heavy (non-hydrogen) atoms. The lowest BCUT2D eigenvalue weighted by atomic mass is 9.87. The average Bonchev–Trinajstić information content (AvgIpc) is 2.45. The fraction of sp³-hybridized carbons (Fsp3) is 0.263. The van der Waals surface area contributed by atoms with Gasteiger partial charge in [-0.2, -0.15) is 0 Å². The van der Waals surface area contributed by atoms with E-state index in [-0.39, 0.29) is 5.41 Å². The van der Waals surface area contributed by atoms with Crippen LogP contribution in [-0.4, -0.2) is 7.11 Å². The second-order valence-electron chi connectivity index (χ2n) is 5.98. The summed E-state index contributed by atoms with van der Waals surface area (Å²) < 4.78 is 5.15. The zero-order valence-electron chi connectivity index (χ0n) is 12.7. The van der Waals surface area contributed by atoms with Crippen molar-refractivity contribution in [3.8, 4) is 5.75 Å². The van der Waals surface area contributed by atoms with E-state index in [9.17, 15) is 0 Å². The van der Waals surface area contributed by atoms with Gasteiger partial charge in [-0.25, -0.2) is 0 Å². The topological polar surface area (TPSA) is 9.23 Å². The molecule has 0 aliphatic carbocycles. The largest absolute Gasteiger partial charge is 0.497 e. The summed E-state index contributed by atoms with van der Waals surface area (Å²) in [5, 5.41) is 0. The van der Waals surface area contributed by atoms with Crippen LogP contribution in [0.5, 0.6) is 5.75 Å². The summed E-state index contributed by atoms with van der Waals surface area (Å²) in [7, 11) is 1.68. The molecule has 0 N–H and O–H groups in total. The minimum absolute atomic E-state index is 0.207. The molecule has 0 spiro atoms. The van der Waals surface area contributed by atoms with E-state index >= 15 is 0 Å². The molecule has 2 aromatic rings. The van der Waals surface area contributed by atoms with Crippen LogP contribution in [0.25, 0.3) is 12.2 Å². The monoisotopic (exact) mass is 266 g/mol. The highest BCUT2D eigenvalue weighted by Gasteiger charge is 2.12. The van der Waals surface area contributed by atoms with Crippen molar-refractivity contribution in [3.63, 3.8) is 0 Å². The Morgan fingerprint density at radius 3 is 1.60 bits per heavy atom. The number of methoxy groups -OCH3 is 1. The van der Waals surface area contributed by atoms with Crippen LogP contribution in [0.1, 0.15) is 37.5 Å². The number of hydrogen-bond acceptors (Lipinski definition) is 1. The molecule has 2 rings (SSSR count). The predicted molar refractivity (Wildman–Crippen MR) is 87.1 cm³/mol. The quantitative estimate of drug-likeness (QED) is 0.697. The Kier molecular flexibility index (Phi) is 4.29. The first-order chi connectivity index (χ1) is 9.49. The minimum atomic E-state index is 0.207. The number of benzene rings is 2. The number of hydrogen-bond donors (Lipinski definition) is 0. The van der Waals surface area contributed by atoms with Crippen molar-refractivity contribution in [2.24, 2.45) is 0 Å². The van der Waals surface area contributed by atoms with E-state index in [1.54, 1.807) is 7.11 Å².